The summed E-state index contributed by atoms with van der Waals surface area (Å²) in [6.07, 6.45) is 7.55. The molecule has 8 heteroatoms. The maximum atomic E-state index is 12.9. The Bertz CT molecular complexity index is 776. The molecule has 1 heterocycles. The van der Waals surface area contributed by atoms with Crippen LogP contribution in [0.2, 0.25) is 10.0 Å². The average Bonchev–Trinajstić information content (AvgIpc) is 3.29. The molecule has 1 aromatic carbocycles. The van der Waals surface area contributed by atoms with Crippen molar-refractivity contribution in [1.82, 2.24) is 5.32 Å². The lowest BCUT2D eigenvalue weighted by Crippen LogP contribution is -2.52. The van der Waals surface area contributed by atoms with Gasteiger partial charge in [-0.25, -0.2) is 0 Å². The summed E-state index contributed by atoms with van der Waals surface area (Å²) in [4.78, 5) is 24.5. The second-order valence-corrected chi connectivity index (χ2v) is 7.32. The molecule has 0 saturated carbocycles. The van der Waals surface area contributed by atoms with Crippen molar-refractivity contribution in [2.45, 2.75) is 18.1 Å². The van der Waals surface area contributed by atoms with Gasteiger partial charge in [-0.1, -0.05) is 41.4 Å². The van der Waals surface area contributed by atoms with E-state index in [9.17, 15) is 9.59 Å². The zero-order chi connectivity index (χ0) is 19.4. The predicted octanol–water partition coefficient (Wildman–Crippen LogP) is 2.96. The molecule has 0 bridgehead atoms. The van der Waals surface area contributed by atoms with Crippen molar-refractivity contribution in [1.29, 1.82) is 0 Å². The molecule has 0 fully saturated rings. The molecule has 27 heavy (non-hydrogen) atoms. The number of esters is 1. The van der Waals surface area contributed by atoms with Crippen LogP contribution in [-0.2, 0) is 19.1 Å². The van der Waals surface area contributed by atoms with Gasteiger partial charge in [-0.3, -0.25) is 9.59 Å². The summed E-state index contributed by atoms with van der Waals surface area (Å²) in [5.74, 6) is -0.936. The van der Waals surface area contributed by atoms with E-state index in [2.05, 4.69) is 10.6 Å². The maximum Gasteiger partial charge on any atom is 0.312 e. The number of carbonyl (C=O) groups excluding carboxylic acids is 2. The minimum atomic E-state index is -1.15. The third-order valence-electron chi connectivity index (χ3n) is 4.53. The molecule has 2 N–H and O–H groups in total. The number of hydrogen-bond acceptors (Lipinski definition) is 5. The molecule has 2 aliphatic rings. The van der Waals surface area contributed by atoms with Crippen LogP contribution in [0.25, 0.3) is 0 Å². The molecule has 0 radical (unpaired) electrons. The van der Waals surface area contributed by atoms with Crippen LogP contribution < -0.4 is 10.6 Å². The Kier molecular flexibility index (Phi) is 6.09. The van der Waals surface area contributed by atoms with Crippen LogP contribution in [0.5, 0.6) is 0 Å². The van der Waals surface area contributed by atoms with E-state index in [0.717, 1.165) is 0 Å². The summed E-state index contributed by atoms with van der Waals surface area (Å²) < 4.78 is 10.5. The van der Waals surface area contributed by atoms with Crippen molar-refractivity contribution in [2.24, 2.45) is 5.92 Å². The molecule has 0 saturated heterocycles. The molecule has 0 spiro atoms. The Hall–Kier alpha value is -2.02. The molecule has 1 unspecified atom stereocenters. The van der Waals surface area contributed by atoms with Crippen LogP contribution in [0.4, 0.5) is 5.69 Å². The van der Waals surface area contributed by atoms with Crippen LogP contribution in [0.15, 0.2) is 42.5 Å². The minimum Gasteiger partial charge on any atom is -0.469 e. The highest BCUT2D eigenvalue weighted by Crippen LogP contribution is 2.26. The first kappa shape index (κ1) is 19.7. The van der Waals surface area contributed by atoms with E-state index >= 15 is 0 Å². The van der Waals surface area contributed by atoms with Gasteiger partial charge < -0.3 is 20.1 Å². The van der Waals surface area contributed by atoms with Crippen molar-refractivity contribution in [3.63, 3.8) is 0 Å². The van der Waals surface area contributed by atoms with Crippen LogP contribution in [0.3, 0.4) is 0 Å². The highest BCUT2D eigenvalue weighted by molar-refractivity contribution is 6.35. The average molecular weight is 411 g/mol. The van der Waals surface area contributed by atoms with Crippen molar-refractivity contribution in [3.05, 3.63) is 52.5 Å². The Morgan fingerprint density at radius 3 is 2.63 bits per heavy atom. The third-order valence-corrected chi connectivity index (χ3v) is 4.97. The summed E-state index contributed by atoms with van der Waals surface area (Å²) >= 11 is 12.0. The fourth-order valence-electron chi connectivity index (χ4n) is 3.13. The van der Waals surface area contributed by atoms with Gasteiger partial charge in [0.1, 0.15) is 0 Å². The third kappa shape index (κ3) is 4.64. The number of ether oxygens (including phenoxy) is 2. The van der Waals surface area contributed by atoms with Crippen molar-refractivity contribution < 1.29 is 19.1 Å². The highest BCUT2D eigenvalue weighted by atomic mass is 35.5. The van der Waals surface area contributed by atoms with E-state index < -0.39 is 5.60 Å². The Morgan fingerprint density at radius 2 is 2.00 bits per heavy atom. The standard InChI is InChI=1S/C19H20Cl2N2O4/c1-26-17(24)12-3-4-15(7-12)23-18(25)19(5-2-6-27-19)11-22-16-9-13(20)8-14(21)10-16/h2-5,8-10,12,15,22H,6-7,11H2,1H3,(H,23,25)/t12-,15+,19?/m1/s1. The van der Waals surface area contributed by atoms with Crippen molar-refractivity contribution in [2.75, 3.05) is 25.6 Å². The molecule has 1 aromatic rings. The number of anilines is 1. The number of methoxy groups -OCH3 is 1. The molecule has 3 atom stereocenters. The van der Waals surface area contributed by atoms with Crippen LogP contribution in [0, 0.1) is 5.92 Å². The number of benzene rings is 1. The normalized spacial score (nSPS) is 26.2. The Balaban J connectivity index is 1.64. The largest absolute Gasteiger partial charge is 0.469 e. The van der Waals surface area contributed by atoms with Crippen molar-refractivity contribution >= 4 is 40.8 Å². The summed E-state index contributed by atoms with van der Waals surface area (Å²) in [7, 11) is 1.35. The number of hydrogen-bond donors (Lipinski definition) is 2. The molecular weight excluding hydrogens is 391 g/mol. The van der Waals surface area contributed by atoms with E-state index in [1.165, 1.54) is 7.11 Å². The first-order valence-electron chi connectivity index (χ1n) is 8.50. The molecule has 3 rings (SSSR count). The van der Waals surface area contributed by atoms with E-state index in [0.29, 0.717) is 28.8 Å². The lowest BCUT2D eigenvalue weighted by atomic mass is 10.0. The van der Waals surface area contributed by atoms with Gasteiger partial charge in [-0.15, -0.1) is 0 Å². The lowest BCUT2D eigenvalue weighted by Gasteiger charge is -2.28. The summed E-state index contributed by atoms with van der Waals surface area (Å²) in [6, 6.07) is 4.82. The second kappa shape index (κ2) is 8.33. The van der Waals surface area contributed by atoms with Crippen LogP contribution >= 0.6 is 23.2 Å². The molecule has 1 amide bonds. The first-order chi connectivity index (χ1) is 12.9. The summed E-state index contributed by atoms with van der Waals surface area (Å²) in [6.45, 7) is 0.555. The van der Waals surface area contributed by atoms with E-state index in [-0.39, 0.29) is 30.4 Å². The first-order valence-corrected chi connectivity index (χ1v) is 9.26. The van der Waals surface area contributed by atoms with Gasteiger partial charge in [0.25, 0.3) is 5.91 Å². The Morgan fingerprint density at radius 1 is 1.26 bits per heavy atom. The SMILES string of the molecule is COC(=O)[C@@H]1C=C[C@H](NC(=O)C2(CNc3cc(Cl)cc(Cl)c3)C=CCO2)C1. The van der Waals surface area contributed by atoms with Gasteiger partial charge >= 0.3 is 5.97 Å². The van der Waals surface area contributed by atoms with Crippen LogP contribution in [0.1, 0.15) is 6.42 Å². The number of rotatable bonds is 6. The number of carbonyl (C=O) groups is 2. The smallest absolute Gasteiger partial charge is 0.312 e. The monoisotopic (exact) mass is 410 g/mol. The van der Waals surface area contributed by atoms with Gasteiger partial charge in [0, 0.05) is 21.8 Å². The molecule has 1 aliphatic carbocycles. The van der Waals surface area contributed by atoms with E-state index in [1.54, 1.807) is 42.5 Å². The summed E-state index contributed by atoms with van der Waals surface area (Å²) in [5.41, 5.74) is -0.457. The fraction of sp³-hybridized carbons (Fsp3) is 0.368. The highest BCUT2D eigenvalue weighted by Gasteiger charge is 2.41. The zero-order valence-corrected chi connectivity index (χ0v) is 16.2. The Labute approximate surface area is 167 Å². The van der Waals surface area contributed by atoms with Crippen LogP contribution in [-0.4, -0.2) is 43.8 Å². The maximum absolute atomic E-state index is 12.9. The predicted molar refractivity (Wildman–Crippen MR) is 104 cm³/mol. The van der Waals surface area contributed by atoms with Gasteiger partial charge in [0.15, 0.2) is 5.60 Å². The topological polar surface area (TPSA) is 76.7 Å². The van der Waals surface area contributed by atoms with E-state index in [4.69, 9.17) is 32.7 Å². The van der Waals surface area contributed by atoms with E-state index in [1.807, 2.05) is 0 Å². The number of nitrogens with one attached hydrogen (secondary N) is 2. The van der Waals surface area contributed by atoms with Crippen molar-refractivity contribution in [3.8, 4) is 0 Å². The van der Waals surface area contributed by atoms with Gasteiger partial charge in [0.2, 0.25) is 0 Å². The molecule has 1 aliphatic heterocycles. The van der Waals surface area contributed by atoms with Gasteiger partial charge in [0.05, 0.1) is 26.2 Å². The minimum absolute atomic E-state index is 0.211. The summed E-state index contributed by atoms with van der Waals surface area (Å²) in [5, 5.41) is 7.07. The second-order valence-electron chi connectivity index (χ2n) is 6.44. The number of amides is 1. The molecule has 0 aromatic heterocycles. The quantitative estimate of drug-likeness (QED) is 0.556. The van der Waals surface area contributed by atoms with Gasteiger partial charge in [-0.2, -0.15) is 0 Å². The number of halogens is 2. The fourth-order valence-corrected chi connectivity index (χ4v) is 3.65. The molecular formula is C19H20Cl2N2O4. The molecule has 6 nitrogen and oxygen atoms in total. The lowest BCUT2D eigenvalue weighted by molar-refractivity contribution is -0.144. The molecule has 144 valence electrons. The zero-order valence-electron chi connectivity index (χ0n) is 14.7. The van der Waals surface area contributed by atoms with Gasteiger partial charge in [-0.05, 0) is 30.7 Å².